The van der Waals surface area contributed by atoms with Gasteiger partial charge in [0.05, 0.1) is 19.3 Å². The van der Waals surface area contributed by atoms with E-state index in [0.29, 0.717) is 30.2 Å². The zero-order valence-electron chi connectivity index (χ0n) is 11.5. The molecule has 0 aliphatic rings. The number of methoxy groups -OCH3 is 1. The summed E-state index contributed by atoms with van der Waals surface area (Å²) in [5.41, 5.74) is 6.51. The molecule has 5 nitrogen and oxygen atoms in total. The molecule has 19 heavy (non-hydrogen) atoms. The summed E-state index contributed by atoms with van der Waals surface area (Å²) in [5.74, 6) is 0.107. The number of carbonyl (C=O) groups is 1. The van der Waals surface area contributed by atoms with Gasteiger partial charge in [0.25, 0.3) is 0 Å². The van der Waals surface area contributed by atoms with Gasteiger partial charge in [-0.15, -0.1) is 0 Å². The van der Waals surface area contributed by atoms with Crippen LogP contribution in [0.5, 0.6) is 5.75 Å². The van der Waals surface area contributed by atoms with Crippen molar-refractivity contribution in [1.29, 1.82) is 0 Å². The quantitative estimate of drug-likeness (QED) is 0.444. The second-order valence-corrected chi connectivity index (χ2v) is 4.10. The summed E-state index contributed by atoms with van der Waals surface area (Å²) in [6.07, 6.45) is 2.10. The van der Waals surface area contributed by atoms with E-state index in [1.165, 1.54) is 7.11 Å². The first-order chi connectivity index (χ1) is 9.17. The molecule has 0 saturated heterocycles. The van der Waals surface area contributed by atoms with E-state index in [9.17, 15) is 4.79 Å². The number of nitrogens with two attached hydrogens (primary N) is 1. The van der Waals surface area contributed by atoms with E-state index in [4.69, 9.17) is 19.9 Å². The summed E-state index contributed by atoms with van der Waals surface area (Å²) < 4.78 is 15.4. The molecule has 1 aromatic carbocycles. The van der Waals surface area contributed by atoms with E-state index in [-0.39, 0.29) is 6.61 Å². The number of rotatable bonds is 8. The molecule has 5 heteroatoms. The molecule has 0 atom stereocenters. The van der Waals surface area contributed by atoms with Crippen LogP contribution in [0.4, 0.5) is 5.69 Å². The van der Waals surface area contributed by atoms with Crippen molar-refractivity contribution in [2.24, 2.45) is 0 Å². The van der Waals surface area contributed by atoms with Crippen molar-refractivity contribution < 1.29 is 19.0 Å². The Morgan fingerprint density at radius 3 is 2.68 bits per heavy atom. The molecule has 0 amide bonds. The SMILES string of the molecule is CCCCOCCOC(=O)c1cc(N)cc(OC)c1. The predicted octanol–water partition coefficient (Wildman–Crippen LogP) is 2.25. The lowest BCUT2D eigenvalue weighted by Crippen LogP contribution is -2.11. The molecule has 0 aliphatic carbocycles. The fourth-order valence-electron chi connectivity index (χ4n) is 1.48. The Morgan fingerprint density at radius 2 is 2.00 bits per heavy atom. The fraction of sp³-hybridized carbons (Fsp3) is 0.500. The van der Waals surface area contributed by atoms with Crippen LogP contribution in [-0.4, -0.2) is 32.9 Å². The van der Waals surface area contributed by atoms with Crippen molar-refractivity contribution in [3.8, 4) is 5.75 Å². The van der Waals surface area contributed by atoms with E-state index in [0.717, 1.165) is 12.8 Å². The Bertz CT molecular complexity index is 406. The number of benzene rings is 1. The molecule has 0 saturated carbocycles. The molecular formula is C14H21NO4. The Hall–Kier alpha value is -1.75. The number of ether oxygens (including phenoxy) is 3. The van der Waals surface area contributed by atoms with Crippen LogP contribution in [-0.2, 0) is 9.47 Å². The minimum absolute atomic E-state index is 0.236. The topological polar surface area (TPSA) is 70.8 Å². The Balaban J connectivity index is 2.39. The van der Waals surface area contributed by atoms with Crippen LogP contribution in [0.3, 0.4) is 0 Å². The van der Waals surface area contributed by atoms with Crippen molar-refractivity contribution in [3.05, 3.63) is 23.8 Å². The van der Waals surface area contributed by atoms with Crippen LogP contribution < -0.4 is 10.5 Å². The molecule has 0 fully saturated rings. The van der Waals surface area contributed by atoms with Gasteiger partial charge in [0.15, 0.2) is 0 Å². The molecule has 0 unspecified atom stereocenters. The molecule has 0 aliphatic heterocycles. The molecule has 0 radical (unpaired) electrons. The van der Waals surface area contributed by atoms with Crippen molar-refractivity contribution in [3.63, 3.8) is 0 Å². The number of esters is 1. The van der Waals surface area contributed by atoms with Gasteiger partial charge < -0.3 is 19.9 Å². The largest absolute Gasteiger partial charge is 0.497 e. The highest BCUT2D eigenvalue weighted by Gasteiger charge is 2.09. The zero-order valence-corrected chi connectivity index (χ0v) is 11.5. The van der Waals surface area contributed by atoms with Gasteiger partial charge in [0.2, 0.25) is 0 Å². The highest BCUT2D eigenvalue weighted by molar-refractivity contribution is 5.91. The summed E-state index contributed by atoms with van der Waals surface area (Å²) in [5, 5.41) is 0. The second-order valence-electron chi connectivity index (χ2n) is 4.10. The second kappa shape index (κ2) is 8.37. The average molecular weight is 267 g/mol. The van der Waals surface area contributed by atoms with Gasteiger partial charge in [0.1, 0.15) is 12.4 Å². The van der Waals surface area contributed by atoms with E-state index < -0.39 is 5.97 Å². The molecule has 2 N–H and O–H groups in total. The molecule has 106 valence electrons. The number of nitrogen functional groups attached to an aromatic ring is 1. The summed E-state index contributed by atoms with van der Waals surface area (Å²) in [6.45, 7) is 3.43. The minimum atomic E-state index is -0.426. The summed E-state index contributed by atoms with van der Waals surface area (Å²) in [7, 11) is 1.52. The maximum Gasteiger partial charge on any atom is 0.338 e. The Labute approximate surface area is 113 Å². The lowest BCUT2D eigenvalue weighted by atomic mass is 10.2. The van der Waals surface area contributed by atoms with Gasteiger partial charge in [-0.3, -0.25) is 0 Å². The normalized spacial score (nSPS) is 10.2. The number of carbonyl (C=O) groups excluding carboxylic acids is 1. The van der Waals surface area contributed by atoms with E-state index in [2.05, 4.69) is 6.92 Å². The molecule has 0 spiro atoms. The molecule has 1 rings (SSSR count). The van der Waals surface area contributed by atoms with Gasteiger partial charge >= 0.3 is 5.97 Å². The van der Waals surface area contributed by atoms with Crippen LogP contribution >= 0.6 is 0 Å². The van der Waals surface area contributed by atoms with Gasteiger partial charge in [0, 0.05) is 18.4 Å². The van der Waals surface area contributed by atoms with Crippen LogP contribution in [0, 0.1) is 0 Å². The maximum absolute atomic E-state index is 11.8. The lowest BCUT2D eigenvalue weighted by Gasteiger charge is -2.08. The monoisotopic (exact) mass is 267 g/mol. The maximum atomic E-state index is 11.8. The smallest absolute Gasteiger partial charge is 0.338 e. The fourth-order valence-corrected chi connectivity index (χ4v) is 1.48. The zero-order chi connectivity index (χ0) is 14.1. The molecule has 1 aromatic rings. The summed E-state index contributed by atoms with van der Waals surface area (Å²) in [4.78, 5) is 11.8. The highest BCUT2D eigenvalue weighted by atomic mass is 16.6. The Kier molecular flexibility index (Phi) is 6.74. The van der Waals surface area contributed by atoms with E-state index >= 15 is 0 Å². The van der Waals surface area contributed by atoms with Gasteiger partial charge in [-0.05, 0) is 18.6 Å². The number of unbranched alkanes of at least 4 members (excludes halogenated alkanes) is 1. The molecule has 0 aromatic heterocycles. The highest BCUT2D eigenvalue weighted by Crippen LogP contribution is 2.19. The predicted molar refractivity (Wildman–Crippen MR) is 73.4 cm³/mol. The average Bonchev–Trinajstić information content (AvgIpc) is 2.41. The van der Waals surface area contributed by atoms with Crippen LogP contribution in [0.2, 0.25) is 0 Å². The van der Waals surface area contributed by atoms with Crippen LogP contribution in [0.1, 0.15) is 30.1 Å². The molecule has 0 bridgehead atoms. The van der Waals surface area contributed by atoms with Crippen molar-refractivity contribution in [2.45, 2.75) is 19.8 Å². The van der Waals surface area contributed by atoms with Crippen LogP contribution in [0.25, 0.3) is 0 Å². The number of anilines is 1. The third kappa shape index (κ3) is 5.61. The van der Waals surface area contributed by atoms with Crippen molar-refractivity contribution in [1.82, 2.24) is 0 Å². The first-order valence-electron chi connectivity index (χ1n) is 6.36. The third-order valence-corrected chi connectivity index (χ3v) is 2.50. The van der Waals surface area contributed by atoms with Crippen LogP contribution in [0.15, 0.2) is 18.2 Å². The summed E-state index contributed by atoms with van der Waals surface area (Å²) >= 11 is 0. The van der Waals surface area contributed by atoms with E-state index in [1.54, 1.807) is 18.2 Å². The lowest BCUT2D eigenvalue weighted by molar-refractivity contribution is 0.0313. The van der Waals surface area contributed by atoms with Gasteiger partial charge in [-0.1, -0.05) is 13.3 Å². The summed E-state index contributed by atoms with van der Waals surface area (Å²) in [6, 6.07) is 4.80. The molecular weight excluding hydrogens is 246 g/mol. The molecule has 0 heterocycles. The van der Waals surface area contributed by atoms with Crippen molar-refractivity contribution in [2.75, 3.05) is 32.7 Å². The standard InChI is InChI=1S/C14H21NO4/c1-3-4-5-18-6-7-19-14(16)11-8-12(15)10-13(9-11)17-2/h8-10H,3-7,15H2,1-2H3. The number of hydrogen-bond donors (Lipinski definition) is 1. The minimum Gasteiger partial charge on any atom is -0.497 e. The first kappa shape index (κ1) is 15.3. The van der Waals surface area contributed by atoms with E-state index in [1.807, 2.05) is 0 Å². The van der Waals surface area contributed by atoms with Crippen molar-refractivity contribution >= 4 is 11.7 Å². The van der Waals surface area contributed by atoms with Gasteiger partial charge in [-0.2, -0.15) is 0 Å². The van der Waals surface area contributed by atoms with Gasteiger partial charge in [-0.25, -0.2) is 4.79 Å². The number of hydrogen-bond acceptors (Lipinski definition) is 5. The first-order valence-corrected chi connectivity index (χ1v) is 6.36. The third-order valence-electron chi connectivity index (χ3n) is 2.50. The Morgan fingerprint density at radius 1 is 1.21 bits per heavy atom.